The van der Waals surface area contributed by atoms with E-state index in [-0.39, 0.29) is 23.1 Å². The molecule has 0 unspecified atom stereocenters. The maximum atomic E-state index is 13.0. The zero-order valence-corrected chi connectivity index (χ0v) is 14.2. The second kappa shape index (κ2) is 7.52. The van der Waals surface area contributed by atoms with Crippen molar-refractivity contribution in [3.8, 4) is 0 Å². The second-order valence-electron chi connectivity index (χ2n) is 5.71. The van der Waals surface area contributed by atoms with Gasteiger partial charge in [0.05, 0.1) is 9.82 Å². The van der Waals surface area contributed by atoms with Gasteiger partial charge in [0, 0.05) is 22.4 Å². The molecule has 0 aliphatic heterocycles. The van der Waals surface area contributed by atoms with Crippen molar-refractivity contribution in [2.24, 2.45) is 5.92 Å². The summed E-state index contributed by atoms with van der Waals surface area (Å²) in [5.41, 5.74) is 4.36. The molecule has 1 saturated carbocycles. The number of carbonyl (C=O) groups is 2. The first-order valence-corrected chi connectivity index (χ1v) is 8.58. The highest BCUT2D eigenvalue weighted by molar-refractivity contribution is 7.99. The Labute approximate surface area is 152 Å². The minimum atomic E-state index is -0.638. The van der Waals surface area contributed by atoms with Gasteiger partial charge >= 0.3 is 0 Å². The van der Waals surface area contributed by atoms with Crippen molar-refractivity contribution in [3.05, 3.63) is 64.0 Å². The van der Waals surface area contributed by atoms with Crippen molar-refractivity contribution in [1.29, 1.82) is 0 Å². The van der Waals surface area contributed by atoms with Gasteiger partial charge in [-0.1, -0.05) is 11.8 Å². The molecule has 0 spiro atoms. The maximum absolute atomic E-state index is 13.0. The molecule has 0 saturated heterocycles. The molecule has 3 rings (SSSR count). The van der Waals surface area contributed by atoms with Crippen molar-refractivity contribution in [1.82, 2.24) is 10.9 Å². The number of amides is 2. The van der Waals surface area contributed by atoms with E-state index in [0.717, 1.165) is 30.7 Å². The van der Waals surface area contributed by atoms with Gasteiger partial charge in [-0.3, -0.25) is 30.6 Å². The van der Waals surface area contributed by atoms with E-state index >= 15 is 0 Å². The molecule has 7 nitrogen and oxygen atoms in total. The molecule has 2 N–H and O–H groups in total. The quantitative estimate of drug-likeness (QED) is 0.618. The summed E-state index contributed by atoms with van der Waals surface area (Å²) in [6, 6.07) is 9.57. The Bertz CT molecular complexity index is 869. The van der Waals surface area contributed by atoms with Crippen LogP contribution in [0.3, 0.4) is 0 Å². The first-order valence-electron chi connectivity index (χ1n) is 7.76. The predicted molar refractivity (Wildman–Crippen MR) is 92.0 cm³/mol. The van der Waals surface area contributed by atoms with Gasteiger partial charge in [-0.15, -0.1) is 0 Å². The number of nitrogens with zero attached hydrogens (tertiary/aromatic N) is 1. The van der Waals surface area contributed by atoms with Crippen LogP contribution in [0.25, 0.3) is 0 Å². The molecule has 0 radical (unpaired) electrons. The predicted octanol–water partition coefficient (Wildman–Crippen LogP) is 3.06. The standard InChI is InChI=1S/C17H14FN3O4S/c18-12-4-6-13(7-5-12)26-15-8-3-11(9-14(15)21(24)25)17(23)20-19-16(22)10-1-2-10/h3-10H,1-2H2,(H,19,22)(H,20,23). The lowest BCUT2D eigenvalue weighted by molar-refractivity contribution is -0.387. The Kier molecular flexibility index (Phi) is 5.17. The summed E-state index contributed by atoms with van der Waals surface area (Å²) in [6.07, 6.45) is 1.59. The smallest absolute Gasteiger partial charge is 0.273 e. The van der Waals surface area contributed by atoms with E-state index in [0.29, 0.717) is 9.79 Å². The zero-order chi connectivity index (χ0) is 18.7. The average Bonchev–Trinajstić information content (AvgIpc) is 3.46. The number of nitro groups is 1. The molecule has 1 aliphatic carbocycles. The molecule has 134 valence electrons. The Morgan fingerprint density at radius 1 is 1.12 bits per heavy atom. The molecular weight excluding hydrogens is 361 g/mol. The highest BCUT2D eigenvalue weighted by Crippen LogP contribution is 2.35. The summed E-state index contributed by atoms with van der Waals surface area (Å²) in [7, 11) is 0. The van der Waals surface area contributed by atoms with E-state index in [1.54, 1.807) is 0 Å². The lowest BCUT2D eigenvalue weighted by Crippen LogP contribution is -2.42. The van der Waals surface area contributed by atoms with Crippen LogP contribution in [0.15, 0.2) is 52.3 Å². The lowest BCUT2D eigenvalue weighted by Gasteiger charge is -2.08. The van der Waals surface area contributed by atoms with Gasteiger partial charge in [0.25, 0.3) is 11.6 Å². The minimum Gasteiger partial charge on any atom is -0.273 e. The zero-order valence-electron chi connectivity index (χ0n) is 13.4. The topological polar surface area (TPSA) is 101 Å². The summed E-state index contributed by atoms with van der Waals surface area (Å²) in [5, 5.41) is 11.3. The number of halogens is 1. The van der Waals surface area contributed by atoms with Gasteiger partial charge in [0.2, 0.25) is 5.91 Å². The van der Waals surface area contributed by atoms with Gasteiger partial charge < -0.3 is 0 Å². The van der Waals surface area contributed by atoms with Crippen LogP contribution in [0, 0.1) is 21.8 Å². The van der Waals surface area contributed by atoms with E-state index < -0.39 is 16.6 Å². The van der Waals surface area contributed by atoms with E-state index in [4.69, 9.17) is 0 Å². The van der Waals surface area contributed by atoms with Gasteiger partial charge in [0.15, 0.2) is 0 Å². The Morgan fingerprint density at radius 2 is 1.81 bits per heavy atom. The van der Waals surface area contributed by atoms with Crippen molar-refractivity contribution >= 4 is 29.3 Å². The van der Waals surface area contributed by atoms with Crippen LogP contribution in [0.1, 0.15) is 23.2 Å². The van der Waals surface area contributed by atoms with Crippen LogP contribution < -0.4 is 10.9 Å². The number of hydrazine groups is 1. The number of nitro benzene ring substituents is 1. The van der Waals surface area contributed by atoms with E-state index in [2.05, 4.69) is 10.9 Å². The van der Waals surface area contributed by atoms with Gasteiger partial charge in [-0.2, -0.15) is 0 Å². The molecular formula is C17H14FN3O4S. The summed E-state index contributed by atoms with van der Waals surface area (Å²) >= 11 is 1.09. The Morgan fingerprint density at radius 3 is 2.42 bits per heavy atom. The van der Waals surface area contributed by atoms with Crippen molar-refractivity contribution in [2.45, 2.75) is 22.6 Å². The summed E-state index contributed by atoms with van der Waals surface area (Å²) in [6.45, 7) is 0. The van der Waals surface area contributed by atoms with Crippen molar-refractivity contribution < 1.29 is 18.9 Å². The van der Waals surface area contributed by atoms with Crippen LogP contribution in [-0.2, 0) is 4.79 Å². The number of hydrogen-bond acceptors (Lipinski definition) is 5. The number of benzene rings is 2. The third-order valence-corrected chi connectivity index (χ3v) is 4.78. The van der Waals surface area contributed by atoms with Gasteiger partial charge in [-0.05, 0) is 49.2 Å². The SMILES string of the molecule is O=C(NNC(=O)C1CC1)c1ccc(Sc2ccc(F)cc2)c([N+](=O)[O-])c1. The number of carbonyl (C=O) groups excluding carboxylic acids is 2. The molecule has 2 amide bonds. The molecule has 0 bridgehead atoms. The lowest BCUT2D eigenvalue weighted by atomic mass is 10.2. The van der Waals surface area contributed by atoms with E-state index in [9.17, 15) is 24.1 Å². The van der Waals surface area contributed by atoms with Gasteiger partial charge in [-0.25, -0.2) is 4.39 Å². The fourth-order valence-electron chi connectivity index (χ4n) is 2.16. The highest BCUT2D eigenvalue weighted by Gasteiger charge is 2.30. The average molecular weight is 375 g/mol. The first kappa shape index (κ1) is 17.9. The van der Waals surface area contributed by atoms with E-state index in [1.807, 2.05) is 0 Å². The third kappa shape index (κ3) is 4.37. The number of hydrogen-bond donors (Lipinski definition) is 2. The summed E-state index contributed by atoms with van der Waals surface area (Å²) < 4.78 is 13.0. The molecule has 0 heterocycles. The summed E-state index contributed by atoms with van der Waals surface area (Å²) in [4.78, 5) is 35.3. The van der Waals surface area contributed by atoms with Gasteiger partial charge in [0.1, 0.15) is 5.82 Å². The summed E-state index contributed by atoms with van der Waals surface area (Å²) in [5.74, 6) is -1.37. The third-order valence-electron chi connectivity index (χ3n) is 3.71. The molecule has 26 heavy (non-hydrogen) atoms. The number of nitrogens with one attached hydrogen (secondary N) is 2. The van der Waals surface area contributed by atoms with Crippen LogP contribution >= 0.6 is 11.8 Å². The fraction of sp³-hybridized carbons (Fsp3) is 0.176. The van der Waals surface area contributed by atoms with Crippen LogP contribution in [0.4, 0.5) is 10.1 Å². The monoisotopic (exact) mass is 375 g/mol. The molecule has 2 aromatic rings. The van der Waals surface area contributed by atoms with Crippen LogP contribution in [0.5, 0.6) is 0 Å². The van der Waals surface area contributed by atoms with Crippen LogP contribution in [-0.4, -0.2) is 16.7 Å². The van der Waals surface area contributed by atoms with Crippen molar-refractivity contribution in [2.75, 3.05) is 0 Å². The maximum Gasteiger partial charge on any atom is 0.284 e. The van der Waals surface area contributed by atoms with E-state index in [1.165, 1.54) is 36.4 Å². The number of rotatable bonds is 5. The minimum absolute atomic E-state index is 0.0521. The van der Waals surface area contributed by atoms with Crippen molar-refractivity contribution in [3.63, 3.8) is 0 Å². The fourth-order valence-corrected chi connectivity index (χ4v) is 3.06. The molecule has 9 heteroatoms. The molecule has 1 fully saturated rings. The molecule has 1 aliphatic rings. The Hall–Kier alpha value is -2.94. The molecule has 2 aromatic carbocycles. The Balaban J connectivity index is 1.75. The largest absolute Gasteiger partial charge is 0.284 e. The normalized spacial score (nSPS) is 13.1. The molecule has 0 atom stereocenters. The molecule has 0 aromatic heterocycles. The van der Waals surface area contributed by atoms with Crippen LogP contribution in [0.2, 0.25) is 0 Å². The second-order valence-corrected chi connectivity index (χ2v) is 6.83. The highest BCUT2D eigenvalue weighted by atomic mass is 32.2. The first-order chi connectivity index (χ1) is 12.4.